The number of aromatic nitrogens is 2. The van der Waals surface area contributed by atoms with E-state index in [0.29, 0.717) is 22.1 Å². The van der Waals surface area contributed by atoms with E-state index in [-0.39, 0.29) is 0 Å². The lowest BCUT2D eigenvalue weighted by molar-refractivity contribution is 0.181. The van der Waals surface area contributed by atoms with E-state index in [1.807, 2.05) is 30.5 Å². The second-order valence-corrected chi connectivity index (χ2v) is 5.79. The van der Waals surface area contributed by atoms with Gasteiger partial charge in [0.25, 0.3) is 0 Å². The van der Waals surface area contributed by atoms with Crippen LogP contribution in [0.25, 0.3) is 11.4 Å². The van der Waals surface area contributed by atoms with E-state index in [9.17, 15) is 0 Å². The maximum Gasteiger partial charge on any atom is 0.161 e. The molecule has 0 aliphatic rings. The summed E-state index contributed by atoms with van der Waals surface area (Å²) in [6, 6.07) is 8.05. The van der Waals surface area contributed by atoms with Gasteiger partial charge in [-0.3, -0.25) is 0 Å². The topological polar surface area (TPSA) is 35.0 Å². The van der Waals surface area contributed by atoms with Gasteiger partial charge in [0, 0.05) is 17.6 Å². The molecule has 2 rings (SSSR count). The Bertz CT molecular complexity index is 578. The Balaban J connectivity index is 2.43. The molecule has 2 aromatic rings. The molecular formula is C13H12BrClN2OS. The smallest absolute Gasteiger partial charge is 0.161 e. The number of halogens is 2. The highest BCUT2D eigenvalue weighted by atomic mass is 79.9. The van der Waals surface area contributed by atoms with Crippen molar-refractivity contribution < 1.29 is 4.74 Å². The molecule has 1 heterocycles. The molecule has 100 valence electrons. The van der Waals surface area contributed by atoms with Crippen molar-refractivity contribution in [1.29, 1.82) is 0 Å². The average Bonchev–Trinajstić information content (AvgIpc) is 2.44. The second-order valence-electron chi connectivity index (χ2n) is 3.76. The molecule has 0 amide bonds. The third-order valence-corrected chi connectivity index (χ3v) is 4.59. The Kier molecular flexibility index (Phi) is 5.21. The zero-order chi connectivity index (χ0) is 13.8. The largest absolute Gasteiger partial charge is 0.378 e. The molecule has 0 saturated heterocycles. The number of rotatable bonds is 4. The van der Waals surface area contributed by atoms with Crippen LogP contribution in [-0.2, 0) is 11.3 Å². The molecule has 19 heavy (non-hydrogen) atoms. The van der Waals surface area contributed by atoms with E-state index in [1.165, 1.54) is 4.90 Å². The summed E-state index contributed by atoms with van der Waals surface area (Å²) in [4.78, 5) is 9.96. The van der Waals surface area contributed by atoms with Crippen LogP contribution in [0.3, 0.4) is 0 Å². The minimum atomic E-state index is 0.388. The molecule has 0 spiro atoms. The number of hydrogen-bond acceptors (Lipinski definition) is 4. The van der Waals surface area contributed by atoms with Gasteiger partial charge < -0.3 is 4.74 Å². The van der Waals surface area contributed by atoms with E-state index in [4.69, 9.17) is 16.3 Å². The van der Waals surface area contributed by atoms with Crippen molar-refractivity contribution >= 4 is 39.3 Å². The van der Waals surface area contributed by atoms with Crippen molar-refractivity contribution in [1.82, 2.24) is 9.97 Å². The molecule has 0 unspecified atom stereocenters. The molecule has 0 bridgehead atoms. The standard InChI is InChI=1S/C13H12BrClN2OS/c1-18-7-10-11(14)12(15)17-13(16-10)8-3-5-9(19-2)6-4-8/h3-6H,7H2,1-2H3. The molecule has 0 aliphatic heterocycles. The highest BCUT2D eigenvalue weighted by molar-refractivity contribution is 9.10. The molecule has 0 radical (unpaired) electrons. The Morgan fingerprint density at radius 1 is 1.26 bits per heavy atom. The molecule has 0 aliphatic carbocycles. The van der Waals surface area contributed by atoms with Crippen LogP contribution in [0.1, 0.15) is 5.69 Å². The Hall–Kier alpha value is -0.620. The van der Waals surface area contributed by atoms with Gasteiger partial charge in [0.15, 0.2) is 5.82 Å². The van der Waals surface area contributed by atoms with Crippen molar-refractivity contribution in [2.75, 3.05) is 13.4 Å². The van der Waals surface area contributed by atoms with Crippen molar-refractivity contribution in [3.8, 4) is 11.4 Å². The average molecular weight is 360 g/mol. The molecule has 0 N–H and O–H groups in total. The quantitative estimate of drug-likeness (QED) is 0.597. The van der Waals surface area contributed by atoms with E-state index in [0.717, 1.165) is 11.3 Å². The third kappa shape index (κ3) is 3.48. The summed E-state index contributed by atoms with van der Waals surface area (Å²) in [5.41, 5.74) is 1.68. The van der Waals surface area contributed by atoms with E-state index >= 15 is 0 Å². The van der Waals surface area contributed by atoms with Gasteiger partial charge >= 0.3 is 0 Å². The minimum absolute atomic E-state index is 0.388. The second kappa shape index (κ2) is 6.70. The zero-order valence-electron chi connectivity index (χ0n) is 10.5. The number of hydrogen-bond donors (Lipinski definition) is 0. The Morgan fingerprint density at radius 2 is 1.95 bits per heavy atom. The van der Waals surface area contributed by atoms with Crippen LogP contribution in [0.5, 0.6) is 0 Å². The Labute approximate surface area is 129 Å². The van der Waals surface area contributed by atoms with Gasteiger partial charge in [-0.1, -0.05) is 23.7 Å². The lowest BCUT2D eigenvalue weighted by Crippen LogP contribution is -2.00. The zero-order valence-corrected chi connectivity index (χ0v) is 13.6. The predicted octanol–water partition coefficient (Wildman–Crippen LogP) is 4.43. The highest BCUT2D eigenvalue weighted by Gasteiger charge is 2.12. The fraction of sp³-hybridized carbons (Fsp3) is 0.231. The highest BCUT2D eigenvalue weighted by Crippen LogP contribution is 2.28. The van der Waals surface area contributed by atoms with Gasteiger partial charge in [0.05, 0.1) is 16.8 Å². The summed E-state index contributed by atoms with van der Waals surface area (Å²) in [5.74, 6) is 0.605. The predicted molar refractivity (Wildman–Crippen MR) is 82.7 cm³/mol. The van der Waals surface area contributed by atoms with Crippen LogP contribution < -0.4 is 0 Å². The first-order valence-corrected chi connectivity index (χ1v) is 7.90. The van der Waals surface area contributed by atoms with Crippen LogP contribution in [0.4, 0.5) is 0 Å². The van der Waals surface area contributed by atoms with Gasteiger partial charge in [-0.05, 0) is 34.3 Å². The van der Waals surface area contributed by atoms with Crippen LogP contribution >= 0.6 is 39.3 Å². The van der Waals surface area contributed by atoms with Crippen LogP contribution in [-0.4, -0.2) is 23.3 Å². The number of thioether (sulfide) groups is 1. The normalized spacial score (nSPS) is 10.7. The van der Waals surface area contributed by atoms with Crippen molar-refractivity contribution in [2.45, 2.75) is 11.5 Å². The van der Waals surface area contributed by atoms with Gasteiger partial charge in [0.1, 0.15) is 5.15 Å². The molecule has 1 aromatic carbocycles. The molecule has 6 heteroatoms. The molecule has 0 fully saturated rings. The molecule has 0 atom stereocenters. The monoisotopic (exact) mass is 358 g/mol. The number of benzene rings is 1. The first kappa shape index (κ1) is 14.8. The summed E-state index contributed by atoms with van der Waals surface area (Å²) in [6.07, 6.45) is 2.04. The van der Waals surface area contributed by atoms with E-state index in [1.54, 1.807) is 18.9 Å². The van der Waals surface area contributed by atoms with Gasteiger partial charge in [-0.2, -0.15) is 0 Å². The van der Waals surface area contributed by atoms with Crippen molar-refractivity contribution in [3.63, 3.8) is 0 Å². The fourth-order valence-corrected chi connectivity index (χ4v) is 2.45. The van der Waals surface area contributed by atoms with Crippen molar-refractivity contribution in [2.24, 2.45) is 0 Å². The van der Waals surface area contributed by atoms with Crippen molar-refractivity contribution in [3.05, 3.63) is 39.6 Å². The summed E-state index contributed by atoms with van der Waals surface area (Å²) in [6.45, 7) is 0.388. The number of nitrogens with zero attached hydrogens (tertiary/aromatic N) is 2. The van der Waals surface area contributed by atoms with E-state index < -0.39 is 0 Å². The first-order valence-electron chi connectivity index (χ1n) is 5.51. The summed E-state index contributed by atoms with van der Waals surface area (Å²) in [5, 5.41) is 0.394. The lowest BCUT2D eigenvalue weighted by Gasteiger charge is -2.08. The minimum Gasteiger partial charge on any atom is -0.378 e. The molecule has 3 nitrogen and oxygen atoms in total. The van der Waals surface area contributed by atoms with Gasteiger partial charge in [-0.15, -0.1) is 11.8 Å². The first-order chi connectivity index (χ1) is 9.15. The van der Waals surface area contributed by atoms with Gasteiger partial charge in [0.2, 0.25) is 0 Å². The third-order valence-electron chi connectivity index (χ3n) is 2.51. The summed E-state index contributed by atoms with van der Waals surface area (Å²) in [7, 11) is 1.62. The van der Waals surface area contributed by atoms with Gasteiger partial charge in [-0.25, -0.2) is 9.97 Å². The fourth-order valence-electron chi connectivity index (χ4n) is 1.56. The lowest BCUT2D eigenvalue weighted by atomic mass is 10.2. The van der Waals surface area contributed by atoms with Crippen LogP contribution in [0, 0.1) is 0 Å². The number of methoxy groups -OCH3 is 1. The van der Waals surface area contributed by atoms with E-state index in [2.05, 4.69) is 25.9 Å². The van der Waals surface area contributed by atoms with Crippen LogP contribution in [0.15, 0.2) is 33.6 Å². The summed E-state index contributed by atoms with van der Waals surface area (Å²) >= 11 is 11.2. The maximum absolute atomic E-state index is 6.11. The molecular weight excluding hydrogens is 348 g/mol. The maximum atomic E-state index is 6.11. The van der Waals surface area contributed by atoms with Crippen LogP contribution in [0.2, 0.25) is 5.15 Å². The number of ether oxygens (including phenoxy) is 1. The molecule has 0 saturated carbocycles. The SMILES string of the molecule is COCc1nc(-c2ccc(SC)cc2)nc(Cl)c1Br. The Morgan fingerprint density at radius 3 is 2.53 bits per heavy atom. The summed E-state index contributed by atoms with van der Waals surface area (Å²) < 4.78 is 5.79. The molecule has 1 aromatic heterocycles.